The number of methoxy groups -OCH3 is 1. The van der Waals surface area contributed by atoms with Gasteiger partial charge in [-0.3, -0.25) is 14.6 Å². The summed E-state index contributed by atoms with van der Waals surface area (Å²) in [7, 11) is 1.67. The number of imidazole rings is 1. The topological polar surface area (TPSA) is 64.7 Å². The first-order valence-corrected chi connectivity index (χ1v) is 9.46. The number of carbonyl (C=O) groups is 1. The van der Waals surface area contributed by atoms with Crippen LogP contribution in [-0.4, -0.2) is 83.5 Å². The van der Waals surface area contributed by atoms with Crippen molar-refractivity contribution in [2.75, 3.05) is 52.9 Å². The number of amides is 1. The minimum Gasteiger partial charge on any atom is -0.497 e. The normalized spacial score (nSPS) is 19.3. The number of nitrogens with one attached hydrogen (secondary N) is 1. The molecule has 0 saturated carbocycles. The van der Waals surface area contributed by atoms with E-state index in [0.717, 1.165) is 81.3 Å². The van der Waals surface area contributed by atoms with Crippen LogP contribution in [0.25, 0.3) is 11.0 Å². The monoisotopic (exact) mass is 357 g/mol. The lowest BCUT2D eigenvalue weighted by Gasteiger charge is -2.34. The van der Waals surface area contributed by atoms with Gasteiger partial charge in [0, 0.05) is 45.3 Å². The highest BCUT2D eigenvalue weighted by atomic mass is 16.5. The van der Waals surface area contributed by atoms with E-state index in [1.807, 2.05) is 23.1 Å². The summed E-state index contributed by atoms with van der Waals surface area (Å²) >= 11 is 0. The number of benzene rings is 1. The number of H-pyrrole nitrogens is 1. The number of likely N-dealkylation sites (tertiary alicyclic amines) is 1. The molecule has 0 radical (unpaired) electrons. The summed E-state index contributed by atoms with van der Waals surface area (Å²) in [6, 6.07) is 5.90. The predicted molar refractivity (Wildman–Crippen MR) is 100 cm³/mol. The molecule has 4 rings (SSSR count). The number of aromatic nitrogens is 2. The number of nitrogens with zero attached hydrogens (tertiary/aromatic N) is 4. The Morgan fingerprint density at radius 1 is 1.12 bits per heavy atom. The summed E-state index contributed by atoms with van der Waals surface area (Å²) in [6.07, 6.45) is 2.31. The molecule has 0 aliphatic carbocycles. The van der Waals surface area contributed by atoms with E-state index in [9.17, 15) is 4.79 Å². The zero-order chi connectivity index (χ0) is 17.9. The molecule has 0 bridgehead atoms. The first-order chi connectivity index (χ1) is 12.7. The van der Waals surface area contributed by atoms with Gasteiger partial charge in [0.05, 0.1) is 31.2 Å². The number of piperazine rings is 1. The minimum absolute atomic E-state index is 0.294. The Morgan fingerprint density at radius 2 is 1.85 bits per heavy atom. The quantitative estimate of drug-likeness (QED) is 0.874. The molecule has 1 N–H and O–H groups in total. The first-order valence-electron chi connectivity index (χ1n) is 9.46. The molecule has 2 aliphatic rings. The molecule has 3 heterocycles. The fourth-order valence-electron chi connectivity index (χ4n) is 3.82. The lowest BCUT2D eigenvalue weighted by molar-refractivity contribution is -0.131. The number of carbonyl (C=O) groups excluding carboxylic acids is 1. The van der Waals surface area contributed by atoms with E-state index < -0.39 is 0 Å². The second-order valence-electron chi connectivity index (χ2n) is 7.21. The van der Waals surface area contributed by atoms with Crippen LogP contribution in [0.2, 0.25) is 0 Å². The summed E-state index contributed by atoms with van der Waals surface area (Å²) < 4.78 is 5.27. The largest absolute Gasteiger partial charge is 0.497 e. The Labute approximate surface area is 153 Å². The van der Waals surface area contributed by atoms with Crippen molar-refractivity contribution in [2.45, 2.75) is 19.4 Å². The van der Waals surface area contributed by atoms with Crippen molar-refractivity contribution in [2.24, 2.45) is 0 Å². The SMILES string of the molecule is COc1ccc2nc(CN3CCN(CC(=O)N4CCCC4)CC3)[nH]c2c1. The lowest BCUT2D eigenvalue weighted by atomic mass is 10.3. The fourth-order valence-corrected chi connectivity index (χ4v) is 3.82. The van der Waals surface area contributed by atoms with Crippen LogP contribution >= 0.6 is 0 Å². The third kappa shape index (κ3) is 3.83. The molecule has 1 aromatic carbocycles. The number of aromatic amines is 1. The number of fused-ring (bicyclic) bond motifs is 1. The van der Waals surface area contributed by atoms with Crippen LogP contribution in [0.15, 0.2) is 18.2 Å². The van der Waals surface area contributed by atoms with Crippen LogP contribution in [0.3, 0.4) is 0 Å². The van der Waals surface area contributed by atoms with Crippen LogP contribution in [0.4, 0.5) is 0 Å². The molecule has 7 heteroatoms. The number of hydrogen-bond donors (Lipinski definition) is 1. The van der Waals surface area contributed by atoms with Crippen molar-refractivity contribution < 1.29 is 9.53 Å². The van der Waals surface area contributed by atoms with Gasteiger partial charge < -0.3 is 14.6 Å². The summed E-state index contributed by atoms with van der Waals surface area (Å²) in [5, 5.41) is 0. The highest BCUT2D eigenvalue weighted by Gasteiger charge is 2.23. The van der Waals surface area contributed by atoms with Gasteiger partial charge in [-0.2, -0.15) is 0 Å². The van der Waals surface area contributed by atoms with Crippen LogP contribution in [-0.2, 0) is 11.3 Å². The van der Waals surface area contributed by atoms with E-state index in [4.69, 9.17) is 4.74 Å². The fraction of sp³-hybridized carbons (Fsp3) is 0.579. The van der Waals surface area contributed by atoms with Crippen molar-refractivity contribution in [1.82, 2.24) is 24.7 Å². The molecular weight excluding hydrogens is 330 g/mol. The Hall–Kier alpha value is -2.12. The maximum Gasteiger partial charge on any atom is 0.236 e. The second-order valence-corrected chi connectivity index (χ2v) is 7.21. The highest BCUT2D eigenvalue weighted by Crippen LogP contribution is 2.19. The second kappa shape index (κ2) is 7.63. The van der Waals surface area contributed by atoms with Crippen LogP contribution < -0.4 is 4.74 Å². The molecule has 2 aliphatic heterocycles. The minimum atomic E-state index is 0.294. The average molecular weight is 357 g/mol. The van der Waals surface area contributed by atoms with Gasteiger partial charge in [0.25, 0.3) is 0 Å². The van der Waals surface area contributed by atoms with E-state index in [2.05, 4.69) is 19.8 Å². The molecule has 1 amide bonds. The van der Waals surface area contributed by atoms with Crippen LogP contribution in [0.5, 0.6) is 5.75 Å². The zero-order valence-electron chi connectivity index (χ0n) is 15.4. The molecule has 140 valence electrons. The van der Waals surface area contributed by atoms with Gasteiger partial charge in [0.2, 0.25) is 5.91 Å². The van der Waals surface area contributed by atoms with Crippen LogP contribution in [0.1, 0.15) is 18.7 Å². The van der Waals surface area contributed by atoms with Gasteiger partial charge in [0.1, 0.15) is 11.6 Å². The van der Waals surface area contributed by atoms with Gasteiger partial charge in [-0.05, 0) is 25.0 Å². The molecule has 0 spiro atoms. The summed E-state index contributed by atoms with van der Waals surface area (Å²) in [6.45, 7) is 7.07. The Morgan fingerprint density at radius 3 is 2.58 bits per heavy atom. The first kappa shape index (κ1) is 17.3. The zero-order valence-corrected chi connectivity index (χ0v) is 15.4. The smallest absolute Gasteiger partial charge is 0.236 e. The molecule has 1 aromatic heterocycles. The Balaban J connectivity index is 1.29. The van der Waals surface area contributed by atoms with E-state index in [1.54, 1.807) is 7.11 Å². The lowest BCUT2D eigenvalue weighted by Crippen LogP contribution is -2.49. The van der Waals surface area contributed by atoms with Gasteiger partial charge in [0.15, 0.2) is 0 Å². The standard InChI is InChI=1S/C19H27N5O2/c1-26-15-4-5-16-17(12-15)21-18(20-16)13-22-8-10-23(11-9-22)14-19(25)24-6-2-3-7-24/h4-5,12H,2-3,6-11,13-14H2,1H3,(H,20,21). The molecule has 0 unspecified atom stereocenters. The molecule has 2 saturated heterocycles. The molecule has 7 nitrogen and oxygen atoms in total. The average Bonchev–Trinajstić information content (AvgIpc) is 3.32. The van der Waals surface area contributed by atoms with Crippen molar-refractivity contribution in [3.05, 3.63) is 24.0 Å². The molecule has 2 fully saturated rings. The van der Waals surface area contributed by atoms with Crippen LogP contribution in [0, 0.1) is 0 Å². The van der Waals surface area contributed by atoms with Crippen molar-refractivity contribution >= 4 is 16.9 Å². The third-order valence-electron chi connectivity index (χ3n) is 5.39. The third-order valence-corrected chi connectivity index (χ3v) is 5.39. The van der Waals surface area contributed by atoms with Crippen molar-refractivity contribution in [1.29, 1.82) is 0 Å². The maximum absolute atomic E-state index is 12.3. The maximum atomic E-state index is 12.3. The van der Waals surface area contributed by atoms with Gasteiger partial charge >= 0.3 is 0 Å². The molecule has 26 heavy (non-hydrogen) atoms. The predicted octanol–water partition coefficient (Wildman–Crippen LogP) is 1.31. The van der Waals surface area contributed by atoms with Crippen molar-refractivity contribution in [3.63, 3.8) is 0 Å². The molecular formula is C19H27N5O2. The van der Waals surface area contributed by atoms with Crippen molar-refractivity contribution in [3.8, 4) is 5.75 Å². The highest BCUT2D eigenvalue weighted by molar-refractivity contribution is 5.78. The number of ether oxygens (including phenoxy) is 1. The molecule has 2 aromatic rings. The van der Waals surface area contributed by atoms with E-state index in [-0.39, 0.29) is 0 Å². The summed E-state index contributed by atoms with van der Waals surface area (Å²) in [5.74, 6) is 2.11. The van der Waals surface area contributed by atoms with Gasteiger partial charge in [-0.15, -0.1) is 0 Å². The molecule has 0 atom stereocenters. The summed E-state index contributed by atoms with van der Waals surface area (Å²) in [5.41, 5.74) is 1.98. The number of hydrogen-bond acceptors (Lipinski definition) is 5. The van der Waals surface area contributed by atoms with Gasteiger partial charge in [-0.1, -0.05) is 0 Å². The van der Waals surface area contributed by atoms with Gasteiger partial charge in [-0.25, -0.2) is 4.98 Å². The van der Waals surface area contributed by atoms with E-state index >= 15 is 0 Å². The van der Waals surface area contributed by atoms with E-state index in [1.165, 1.54) is 0 Å². The Bertz CT molecular complexity index is 760. The number of rotatable bonds is 5. The van der Waals surface area contributed by atoms with E-state index in [0.29, 0.717) is 12.5 Å². The summed E-state index contributed by atoms with van der Waals surface area (Å²) in [4.78, 5) is 27.0. The Kier molecular flexibility index (Phi) is 5.08.